The number of halogens is 1. The van der Waals surface area contributed by atoms with E-state index in [-0.39, 0.29) is 143 Å². The molecule has 75 heavy (non-hydrogen) atoms. The van der Waals surface area contributed by atoms with E-state index in [1.54, 1.807) is 6.07 Å². The van der Waals surface area contributed by atoms with Gasteiger partial charge in [0.15, 0.2) is 5.71 Å². The zero-order valence-electron chi connectivity index (χ0n) is 44.0. The molecule has 2 aliphatic heterocycles. The third-order valence-corrected chi connectivity index (χ3v) is 16.5. The van der Waals surface area contributed by atoms with Crippen LogP contribution in [0.2, 0.25) is 0 Å². The second kappa shape index (κ2) is 32.7. The molecule has 0 bridgehead atoms. The normalized spacial score (nSPS) is 16.9. The minimum absolute atomic E-state index is 0. The monoisotopic (exact) mass is 1170 g/mol. The van der Waals surface area contributed by atoms with Gasteiger partial charge in [0, 0.05) is 119 Å². The molecule has 0 aromatic heterocycles. The standard InChI is InChI=1S/C49H62ClN3O14S4.4Na/c1-48(2)40-33-37(51(25-9-29-68-66-64-56)26-10-30-69-67-65-57)18-22-41(40)52(28-11-31-70(58,59)60)43(48)23-16-34-12-8-13-35(47(34)50)17-24-44-49(3,4)46-39-20-19-38(71(61,62)63)32-36(39)15-21-42(46)53(44)27-7-5-6-14-45(54)55;;;;/h15-24,32-33H,5-14,25-31H2,1-4H3,(H4-,54,55,56,57,58,59,60,61,62,63);;;;/q;4*+1/p-4. The Hall–Kier alpha value is 0.190. The molecule has 0 atom stereocenters. The van der Waals surface area contributed by atoms with Crippen molar-refractivity contribution < 1.29 is 188 Å². The molecule has 0 radical (unpaired) electrons. The molecule has 0 N–H and O–H groups in total. The number of fused-ring (bicyclic) bond motifs is 4. The Morgan fingerprint density at radius 3 is 2.09 bits per heavy atom. The Bertz CT molecular complexity index is 2820. The Labute approximate surface area is 543 Å². The van der Waals surface area contributed by atoms with Crippen LogP contribution in [0.3, 0.4) is 0 Å². The predicted molar refractivity (Wildman–Crippen MR) is 267 cm³/mol. The average Bonchev–Trinajstić information content (AvgIpc) is 3.66. The fourth-order valence-corrected chi connectivity index (χ4v) is 11.9. The van der Waals surface area contributed by atoms with Crippen LogP contribution in [-0.4, -0.2) is 85.6 Å². The van der Waals surface area contributed by atoms with E-state index >= 15 is 0 Å². The first kappa shape index (κ1) is 71.3. The number of aliphatic carboxylic acids is 1. The molecule has 0 saturated carbocycles. The van der Waals surface area contributed by atoms with E-state index in [4.69, 9.17) is 11.6 Å². The molecule has 26 heteroatoms. The van der Waals surface area contributed by atoms with Gasteiger partial charge in [-0.2, -0.15) is 13.2 Å². The molecular weight excluding hydrogens is 1110 g/mol. The molecule has 2 heterocycles. The second-order valence-electron chi connectivity index (χ2n) is 18.6. The number of carbonyl (C=O) groups is 1. The van der Waals surface area contributed by atoms with Gasteiger partial charge in [-0.05, 0) is 142 Å². The van der Waals surface area contributed by atoms with Crippen molar-refractivity contribution in [2.75, 3.05) is 53.2 Å². The third kappa shape index (κ3) is 19.1. The fraction of sp³-hybridized carbons (Fsp3) is 0.469. The molecule has 3 aromatic rings. The molecule has 0 amide bonds. The average molecular weight is 1170 g/mol. The van der Waals surface area contributed by atoms with Crippen LogP contribution in [0.1, 0.15) is 103 Å². The fourth-order valence-electron chi connectivity index (χ4n) is 9.86. The Balaban J connectivity index is 0.00000481. The molecule has 0 fully saturated rings. The maximum Gasteiger partial charge on any atom is 1.00 e. The Morgan fingerprint density at radius 1 is 0.813 bits per heavy atom. The van der Waals surface area contributed by atoms with Gasteiger partial charge in [0.1, 0.15) is 16.7 Å². The first-order chi connectivity index (χ1) is 33.7. The van der Waals surface area contributed by atoms with Gasteiger partial charge in [0.05, 0.1) is 20.4 Å². The molecule has 0 saturated heterocycles. The van der Waals surface area contributed by atoms with Crippen LogP contribution in [0.4, 0.5) is 17.1 Å². The molecule has 388 valence electrons. The topological polar surface area (TPSA) is 247 Å². The van der Waals surface area contributed by atoms with E-state index in [1.807, 2.05) is 42.5 Å². The van der Waals surface area contributed by atoms with Crippen molar-refractivity contribution in [1.29, 1.82) is 0 Å². The largest absolute Gasteiger partial charge is 1.00 e. The minimum Gasteiger partial charge on any atom is -0.748 e. The number of benzene rings is 3. The first-order valence-electron chi connectivity index (χ1n) is 23.3. The molecule has 0 spiro atoms. The summed E-state index contributed by atoms with van der Waals surface area (Å²) in [6, 6.07) is 14.3. The van der Waals surface area contributed by atoms with Crippen molar-refractivity contribution in [3.8, 4) is 0 Å². The molecule has 3 aliphatic rings. The summed E-state index contributed by atoms with van der Waals surface area (Å²) < 4.78 is 82.2. The zero-order chi connectivity index (χ0) is 51.6. The van der Waals surface area contributed by atoms with Crippen LogP contribution in [0, 0.1) is 0 Å². The number of hydrogen-bond acceptors (Lipinski definition) is 18. The molecular formula is C49H58ClN3Na4O14S4. The predicted octanol–water partition coefficient (Wildman–Crippen LogP) is -5.45. The number of anilines is 2. The van der Waals surface area contributed by atoms with Gasteiger partial charge in [0.2, 0.25) is 5.69 Å². The molecule has 3 aromatic carbocycles. The van der Waals surface area contributed by atoms with Gasteiger partial charge >= 0.3 is 118 Å². The number of carboxylic acids is 1. The van der Waals surface area contributed by atoms with Crippen molar-refractivity contribution in [2.24, 2.45) is 0 Å². The van der Waals surface area contributed by atoms with Crippen LogP contribution in [0.5, 0.6) is 0 Å². The van der Waals surface area contributed by atoms with Crippen LogP contribution < -0.4 is 144 Å². The van der Waals surface area contributed by atoms with Gasteiger partial charge in [-0.1, -0.05) is 43.7 Å². The number of hydrogen-bond donors (Lipinski definition) is 0. The van der Waals surface area contributed by atoms with Crippen LogP contribution in [0.25, 0.3) is 10.8 Å². The van der Waals surface area contributed by atoms with Gasteiger partial charge in [-0.25, -0.2) is 16.8 Å². The van der Waals surface area contributed by atoms with E-state index < -0.39 is 42.8 Å². The molecule has 1 aliphatic carbocycles. The third-order valence-electron chi connectivity index (χ3n) is 13.2. The summed E-state index contributed by atoms with van der Waals surface area (Å²) in [5.41, 5.74) is 7.21. The quantitative estimate of drug-likeness (QED) is 0.0131. The SMILES string of the molecule is CC1(C)C(/C=C/C2=C(Cl)C(=C/C=C3/N(CCCS(=O)(=O)[O-])c4ccc(N(CCCSOO[O-])CCCSOO[O-])cc4C3(C)C)/CCC2)=[N+](CCCCCC(=O)[O-])c2ccc3cc(S(=O)(=O)[O-])ccc3c21.[Na+].[Na+].[Na+].[Na+]. The Kier molecular flexibility index (Phi) is 31.1. The van der Waals surface area contributed by atoms with E-state index in [2.05, 4.69) is 73.0 Å². The zero-order valence-corrected chi connectivity index (χ0v) is 56.0. The van der Waals surface area contributed by atoms with Crippen LogP contribution in [0.15, 0.2) is 99.6 Å². The van der Waals surface area contributed by atoms with E-state index in [9.17, 15) is 46.4 Å². The van der Waals surface area contributed by atoms with Crippen molar-refractivity contribution in [3.63, 3.8) is 0 Å². The number of nitrogens with zero attached hydrogens (tertiary/aromatic N) is 3. The minimum atomic E-state index is -4.68. The van der Waals surface area contributed by atoms with Gasteiger partial charge in [-0.3, -0.25) is 10.1 Å². The van der Waals surface area contributed by atoms with Gasteiger partial charge in [0.25, 0.3) is 0 Å². The van der Waals surface area contributed by atoms with Crippen LogP contribution in [-0.2, 0) is 54.6 Å². The van der Waals surface area contributed by atoms with Gasteiger partial charge < -0.3 is 39.3 Å². The summed E-state index contributed by atoms with van der Waals surface area (Å²) >= 11 is 9.12. The van der Waals surface area contributed by atoms with Crippen molar-refractivity contribution >= 4 is 95.4 Å². The molecule has 0 unspecified atom stereocenters. The number of rotatable bonds is 27. The van der Waals surface area contributed by atoms with Crippen molar-refractivity contribution in [3.05, 3.63) is 106 Å². The number of carbonyl (C=O) groups excluding carboxylic acids is 1. The maximum absolute atomic E-state index is 11.9. The molecule has 17 nitrogen and oxygen atoms in total. The smallest absolute Gasteiger partial charge is 0.748 e. The summed E-state index contributed by atoms with van der Waals surface area (Å²) in [6.45, 7) is 10.4. The Morgan fingerprint density at radius 2 is 1.48 bits per heavy atom. The number of allylic oxidation sites excluding steroid dienone is 8. The maximum atomic E-state index is 11.9. The van der Waals surface area contributed by atoms with Gasteiger partial charge in [-0.15, -0.1) is 0 Å². The van der Waals surface area contributed by atoms with Crippen molar-refractivity contribution in [2.45, 2.75) is 108 Å². The number of carboxylic acid groups (broad SMARTS) is 1. The van der Waals surface area contributed by atoms with E-state index in [0.717, 1.165) is 86.6 Å². The number of unbranched alkanes of at least 4 members (excludes halogenated alkanes) is 2. The summed E-state index contributed by atoms with van der Waals surface area (Å²) in [5.74, 6) is -0.630. The van der Waals surface area contributed by atoms with Crippen LogP contribution >= 0.6 is 35.7 Å². The summed E-state index contributed by atoms with van der Waals surface area (Å²) in [4.78, 5) is 15.1. The summed E-state index contributed by atoms with van der Waals surface area (Å²) in [7, 11) is -9.14. The van der Waals surface area contributed by atoms with E-state index in [0.29, 0.717) is 86.5 Å². The first-order valence-corrected chi connectivity index (χ1v) is 28.5. The summed E-state index contributed by atoms with van der Waals surface area (Å²) in [6.07, 6.45) is 13.6. The second-order valence-corrected chi connectivity index (χ2v) is 23.5. The van der Waals surface area contributed by atoms with Crippen molar-refractivity contribution in [1.82, 2.24) is 0 Å². The summed E-state index contributed by atoms with van der Waals surface area (Å²) in [5, 5.41) is 40.8. The molecule has 6 rings (SSSR count). The van der Waals surface area contributed by atoms with E-state index in [1.165, 1.54) is 12.1 Å².